The number of hydrogen-bond donors (Lipinski definition) is 8. The van der Waals surface area contributed by atoms with Crippen LogP contribution in [0.5, 0.6) is 0 Å². The van der Waals surface area contributed by atoms with Crippen molar-refractivity contribution in [3.8, 4) is 0 Å². The molecule has 26 heteroatoms. The molecule has 0 spiro atoms. The number of rotatable bonds is 39. The van der Waals surface area contributed by atoms with E-state index in [1.54, 1.807) is 0 Å². The highest BCUT2D eigenvalue weighted by Gasteiger charge is 2.33. The summed E-state index contributed by atoms with van der Waals surface area (Å²) in [6, 6.07) is -1.28. The minimum absolute atomic E-state index is 0.0921. The Labute approximate surface area is 362 Å². The van der Waals surface area contributed by atoms with E-state index in [-0.39, 0.29) is 111 Å². The molecule has 0 aliphatic heterocycles. The lowest BCUT2D eigenvalue weighted by atomic mass is 9.86. The molecule has 24 nitrogen and oxygen atoms in total. The Balaban J connectivity index is 2.98. The molecule has 0 heterocycles. The van der Waals surface area contributed by atoms with Gasteiger partial charge in [0.1, 0.15) is 19.1 Å². The molecule has 356 valence electrons. The number of carbonyl (C=O) groups is 5. The van der Waals surface area contributed by atoms with Crippen LogP contribution in [-0.2, 0) is 83.2 Å². The van der Waals surface area contributed by atoms with Gasteiger partial charge in [-0.3, -0.25) is 24.0 Å². The summed E-state index contributed by atoms with van der Waals surface area (Å²) < 4.78 is 37.7. The molecule has 2 unspecified atom stereocenters. The van der Waals surface area contributed by atoms with Gasteiger partial charge >= 0.3 is 0 Å². The standard InChI is InChI=1S/C35H69N8O16PS/c1-60(49,61)59-29-4-2-28(3-5-29)34(47)42-30(6-7-31(44)39-8-11-50-14-17-53-20-23-56-36)35(48)43(26-32(45)40-9-12-51-15-18-54-21-24-57-37)27-33(46)41-10-13-52-16-19-55-22-25-58-38/h28-30H,2-27,36-38H2,1H3,(H,39,44)(H,40,45)(H,41,46)(H,42,47)(H,49,61). The zero-order valence-electron chi connectivity index (χ0n) is 35.2. The molecule has 1 saturated carbocycles. The summed E-state index contributed by atoms with van der Waals surface area (Å²) in [5.74, 6) is 11.6. The van der Waals surface area contributed by atoms with Crippen molar-refractivity contribution in [3.63, 3.8) is 0 Å². The number of hydrogen-bond acceptors (Lipinski definition) is 19. The van der Waals surface area contributed by atoms with Gasteiger partial charge in [-0.2, -0.15) is 0 Å². The van der Waals surface area contributed by atoms with Gasteiger partial charge < -0.3 is 78.5 Å². The van der Waals surface area contributed by atoms with E-state index in [1.807, 2.05) is 0 Å². The minimum Gasteiger partial charge on any atom is -0.377 e. The third kappa shape index (κ3) is 31.9. The molecule has 0 radical (unpaired) electrons. The van der Waals surface area contributed by atoms with Gasteiger partial charge in [0.05, 0.1) is 105 Å². The maximum Gasteiger partial charge on any atom is 0.246 e. The summed E-state index contributed by atoms with van der Waals surface area (Å²) >= 11 is 5.02. The normalized spacial score (nSPS) is 16.6. The topological polar surface area (TPSA) is 327 Å². The van der Waals surface area contributed by atoms with Crippen molar-refractivity contribution >= 4 is 47.8 Å². The lowest BCUT2D eigenvalue weighted by Crippen LogP contribution is -2.54. The van der Waals surface area contributed by atoms with E-state index in [1.165, 1.54) is 6.66 Å². The van der Waals surface area contributed by atoms with Crippen molar-refractivity contribution in [2.45, 2.75) is 50.7 Å². The summed E-state index contributed by atoms with van der Waals surface area (Å²) in [6.45, 7) is 1.57. The van der Waals surface area contributed by atoms with Gasteiger partial charge in [0, 0.05) is 38.6 Å². The summed E-state index contributed by atoms with van der Waals surface area (Å²) in [6.07, 6.45) is 1.12. The summed E-state index contributed by atoms with van der Waals surface area (Å²) in [7, 11) is 0. The molecule has 0 bridgehead atoms. The van der Waals surface area contributed by atoms with Crippen LogP contribution in [0.3, 0.4) is 0 Å². The second kappa shape index (κ2) is 36.9. The maximum atomic E-state index is 14.2. The van der Waals surface area contributed by atoms with Gasteiger partial charge in [-0.15, -0.1) is 0 Å². The maximum absolute atomic E-state index is 14.2. The second-order valence-electron chi connectivity index (χ2n) is 13.5. The fourth-order valence-electron chi connectivity index (χ4n) is 5.58. The number of nitrogens with zero attached hydrogens (tertiary/aromatic N) is 1. The van der Waals surface area contributed by atoms with Gasteiger partial charge in [-0.1, -0.05) is 0 Å². The largest absolute Gasteiger partial charge is 0.377 e. The fourth-order valence-corrected chi connectivity index (χ4v) is 6.71. The molecule has 0 saturated heterocycles. The molecule has 1 fully saturated rings. The first-order valence-electron chi connectivity index (χ1n) is 20.2. The quantitative estimate of drug-likeness (QED) is 0.0170. The van der Waals surface area contributed by atoms with Gasteiger partial charge in [0.15, 0.2) is 6.49 Å². The van der Waals surface area contributed by atoms with Crippen LogP contribution in [0.4, 0.5) is 0 Å². The van der Waals surface area contributed by atoms with E-state index in [0.717, 1.165) is 4.90 Å². The first kappa shape index (κ1) is 56.5. The summed E-state index contributed by atoms with van der Waals surface area (Å²) in [5, 5.41) is 10.8. The van der Waals surface area contributed by atoms with Crippen molar-refractivity contribution < 1.29 is 76.3 Å². The highest BCUT2D eigenvalue weighted by molar-refractivity contribution is 8.09. The Morgan fingerprint density at radius 2 is 1.00 bits per heavy atom. The average Bonchev–Trinajstić information content (AvgIpc) is 3.22. The molecular weight excluding hydrogens is 851 g/mol. The number of amides is 5. The minimum atomic E-state index is -2.90. The van der Waals surface area contributed by atoms with Crippen LogP contribution in [0.2, 0.25) is 0 Å². The van der Waals surface area contributed by atoms with E-state index in [0.29, 0.717) is 52.1 Å². The monoisotopic (exact) mass is 920 g/mol. The van der Waals surface area contributed by atoms with Crippen molar-refractivity contribution in [2.75, 3.05) is 138 Å². The van der Waals surface area contributed by atoms with E-state index in [9.17, 15) is 28.9 Å². The Bertz CT molecular complexity index is 1220. The smallest absolute Gasteiger partial charge is 0.246 e. The molecule has 0 aromatic carbocycles. The molecule has 5 amide bonds. The van der Waals surface area contributed by atoms with Crippen LogP contribution in [-0.4, -0.2) is 190 Å². The number of ether oxygens (including phenoxy) is 6. The molecule has 0 aromatic rings. The van der Waals surface area contributed by atoms with Gasteiger partial charge in [0.25, 0.3) is 0 Å². The molecular formula is C35H69N8O16PS. The SMILES string of the molecule is CP(O)(=S)OC1CCC(C(=O)NC(CCC(=O)NCCOCCOCCON)C(=O)N(CC(=O)NCCOCCOCCON)CC(=O)NCCOCCOCCON)CC1. The van der Waals surface area contributed by atoms with Gasteiger partial charge in [-0.25, -0.2) is 17.7 Å². The Kier molecular flexibility index (Phi) is 34.1. The van der Waals surface area contributed by atoms with Crippen molar-refractivity contribution in [1.29, 1.82) is 0 Å². The van der Waals surface area contributed by atoms with Crippen LogP contribution in [0.1, 0.15) is 38.5 Å². The first-order chi connectivity index (χ1) is 29.4. The molecule has 1 rings (SSSR count). The van der Waals surface area contributed by atoms with Crippen LogP contribution < -0.4 is 39.0 Å². The summed E-state index contributed by atoms with van der Waals surface area (Å²) in [5.41, 5.74) is 0. The Morgan fingerprint density at radius 3 is 1.39 bits per heavy atom. The lowest BCUT2D eigenvalue weighted by Gasteiger charge is -2.31. The van der Waals surface area contributed by atoms with E-state index >= 15 is 0 Å². The third-order valence-corrected chi connectivity index (χ3v) is 9.45. The average molecular weight is 921 g/mol. The Hall–Kier alpha value is -2.56. The van der Waals surface area contributed by atoms with Crippen LogP contribution >= 0.6 is 6.49 Å². The number of nitrogens with one attached hydrogen (secondary N) is 4. The second-order valence-corrected chi connectivity index (χ2v) is 17.4. The number of carbonyl (C=O) groups excluding carboxylic acids is 5. The zero-order chi connectivity index (χ0) is 45.0. The highest BCUT2D eigenvalue weighted by Crippen LogP contribution is 2.42. The van der Waals surface area contributed by atoms with Crippen LogP contribution in [0.25, 0.3) is 0 Å². The van der Waals surface area contributed by atoms with E-state index in [4.69, 9.17) is 62.4 Å². The number of nitrogens with two attached hydrogens (primary N) is 3. The fraction of sp³-hybridized carbons (Fsp3) is 0.857. The highest BCUT2D eigenvalue weighted by atomic mass is 32.5. The molecule has 61 heavy (non-hydrogen) atoms. The van der Waals surface area contributed by atoms with Crippen molar-refractivity contribution in [1.82, 2.24) is 26.2 Å². The van der Waals surface area contributed by atoms with Crippen LogP contribution in [0, 0.1) is 5.92 Å². The molecule has 2 atom stereocenters. The molecule has 1 aliphatic rings. The van der Waals surface area contributed by atoms with Gasteiger partial charge in [-0.05, 0) is 43.9 Å². The predicted molar refractivity (Wildman–Crippen MR) is 221 cm³/mol. The van der Waals surface area contributed by atoms with E-state index < -0.39 is 61.1 Å². The summed E-state index contributed by atoms with van der Waals surface area (Å²) in [4.78, 5) is 91.2. The molecule has 11 N–H and O–H groups in total. The predicted octanol–water partition coefficient (Wildman–Crippen LogP) is -3.29. The Morgan fingerprint density at radius 1 is 0.623 bits per heavy atom. The van der Waals surface area contributed by atoms with Crippen molar-refractivity contribution in [2.24, 2.45) is 23.6 Å². The molecule has 1 aliphatic carbocycles. The zero-order valence-corrected chi connectivity index (χ0v) is 36.9. The van der Waals surface area contributed by atoms with Gasteiger partial charge in [0.2, 0.25) is 29.5 Å². The lowest BCUT2D eigenvalue weighted by molar-refractivity contribution is -0.143. The van der Waals surface area contributed by atoms with Crippen molar-refractivity contribution in [3.05, 3.63) is 0 Å². The third-order valence-electron chi connectivity index (χ3n) is 8.50. The first-order valence-corrected chi connectivity index (χ1v) is 23.3. The molecule has 0 aromatic heterocycles. The van der Waals surface area contributed by atoms with Crippen LogP contribution in [0.15, 0.2) is 0 Å². The van der Waals surface area contributed by atoms with E-state index in [2.05, 4.69) is 35.8 Å².